The minimum atomic E-state index is -3.75. The first-order valence-electron chi connectivity index (χ1n) is 9.90. The third-order valence-electron chi connectivity index (χ3n) is 5.12. The number of benzene rings is 3. The van der Waals surface area contributed by atoms with Crippen LogP contribution in [0.3, 0.4) is 0 Å². The maximum absolute atomic E-state index is 12.9. The molecule has 1 aromatic heterocycles. The van der Waals surface area contributed by atoms with E-state index in [1.807, 2.05) is 13.0 Å². The summed E-state index contributed by atoms with van der Waals surface area (Å²) in [6.07, 6.45) is 0. The van der Waals surface area contributed by atoms with Gasteiger partial charge in [-0.05, 0) is 55.5 Å². The molecule has 0 spiro atoms. The number of carbonyl (C=O) groups excluding carboxylic acids is 1. The Morgan fingerprint density at radius 1 is 1.03 bits per heavy atom. The van der Waals surface area contributed by atoms with Crippen LogP contribution in [0.2, 0.25) is 0 Å². The van der Waals surface area contributed by atoms with Crippen molar-refractivity contribution < 1.29 is 13.2 Å². The molecule has 4 rings (SSSR count). The van der Waals surface area contributed by atoms with Crippen LogP contribution in [0, 0.1) is 0 Å². The van der Waals surface area contributed by atoms with Gasteiger partial charge in [0.05, 0.1) is 20.8 Å². The van der Waals surface area contributed by atoms with Gasteiger partial charge in [0.15, 0.2) is 0 Å². The van der Waals surface area contributed by atoms with Crippen LogP contribution in [-0.2, 0) is 16.6 Å². The number of aryl methyl sites for hydroxylation is 1. The van der Waals surface area contributed by atoms with Crippen molar-refractivity contribution >= 4 is 48.9 Å². The topological polar surface area (TPSA) is 88.5 Å². The highest BCUT2D eigenvalue weighted by atomic mass is 32.2. The molecule has 1 heterocycles. The first-order chi connectivity index (χ1) is 15.3. The molecular formula is C23H21N3O4S2. The van der Waals surface area contributed by atoms with Crippen molar-refractivity contribution in [3.05, 3.63) is 88.0 Å². The highest BCUT2D eigenvalue weighted by Gasteiger charge is 2.21. The van der Waals surface area contributed by atoms with Crippen molar-refractivity contribution in [3.8, 4) is 0 Å². The number of carbonyl (C=O) groups is 1. The Morgan fingerprint density at radius 3 is 2.50 bits per heavy atom. The van der Waals surface area contributed by atoms with Gasteiger partial charge in [-0.1, -0.05) is 35.6 Å². The minimum absolute atomic E-state index is 0.0404. The Kier molecular flexibility index (Phi) is 5.86. The van der Waals surface area contributed by atoms with Gasteiger partial charge in [0.1, 0.15) is 0 Å². The second-order valence-corrected chi connectivity index (χ2v) is 10.0. The third kappa shape index (κ3) is 4.04. The van der Waals surface area contributed by atoms with Crippen LogP contribution < -0.4 is 14.5 Å². The fourth-order valence-corrected chi connectivity index (χ4v) is 5.58. The standard InChI is InChI=1S/C23H21N3O4S2/c1-3-26-20-13-12-17(15-21(20)31-23(26)28)24-22(27)16-8-7-9-18(14-16)25(2)32(29,30)19-10-5-4-6-11-19/h4-15H,3H2,1-2H3,(H,24,27). The lowest BCUT2D eigenvalue weighted by atomic mass is 10.2. The maximum Gasteiger partial charge on any atom is 0.308 e. The van der Waals surface area contributed by atoms with Gasteiger partial charge in [0, 0.05) is 24.8 Å². The van der Waals surface area contributed by atoms with Crippen molar-refractivity contribution in [1.29, 1.82) is 0 Å². The zero-order valence-electron chi connectivity index (χ0n) is 17.5. The Balaban J connectivity index is 1.59. The van der Waals surface area contributed by atoms with E-state index in [-0.39, 0.29) is 15.7 Å². The molecule has 32 heavy (non-hydrogen) atoms. The number of amides is 1. The Morgan fingerprint density at radius 2 is 1.78 bits per heavy atom. The summed E-state index contributed by atoms with van der Waals surface area (Å²) >= 11 is 1.13. The monoisotopic (exact) mass is 467 g/mol. The summed E-state index contributed by atoms with van der Waals surface area (Å²) in [6.45, 7) is 2.49. The van der Waals surface area contributed by atoms with E-state index >= 15 is 0 Å². The van der Waals surface area contributed by atoms with E-state index in [0.29, 0.717) is 23.5 Å². The highest BCUT2D eigenvalue weighted by Crippen LogP contribution is 2.25. The number of fused-ring (bicyclic) bond motifs is 1. The maximum atomic E-state index is 12.9. The number of rotatable bonds is 6. The van der Waals surface area contributed by atoms with Crippen molar-refractivity contribution in [2.24, 2.45) is 0 Å². The molecule has 1 N–H and O–H groups in total. The van der Waals surface area contributed by atoms with Crippen LogP contribution in [0.1, 0.15) is 17.3 Å². The highest BCUT2D eigenvalue weighted by molar-refractivity contribution is 7.92. The zero-order valence-corrected chi connectivity index (χ0v) is 19.1. The number of thiazole rings is 1. The summed E-state index contributed by atoms with van der Waals surface area (Å²) in [5.74, 6) is -0.376. The van der Waals surface area contributed by atoms with Gasteiger partial charge in [-0.3, -0.25) is 18.5 Å². The van der Waals surface area contributed by atoms with E-state index in [1.165, 1.54) is 25.2 Å². The van der Waals surface area contributed by atoms with Crippen LogP contribution in [0.25, 0.3) is 10.2 Å². The molecule has 0 saturated heterocycles. The van der Waals surface area contributed by atoms with Gasteiger partial charge in [-0.15, -0.1) is 0 Å². The molecule has 1 amide bonds. The fourth-order valence-electron chi connectivity index (χ4n) is 3.38. The van der Waals surface area contributed by atoms with Crippen molar-refractivity contribution in [1.82, 2.24) is 4.57 Å². The van der Waals surface area contributed by atoms with E-state index in [9.17, 15) is 18.0 Å². The van der Waals surface area contributed by atoms with Gasteiger partial charge >= 0.3 is 4.87 Å². The summed E-state index contributed by atoms with van der Waals surface area (Å²) in [5, 5.41) is 2.82. The molecule has 0 bridgehead atoms. The quantitative estimate of drug-likeness (QED) is 0.461. The van der Waals surface area contributed by atoms with Gasteiger partial charge in [-0.25, -0.2) is 8.42 Å². The first-order valence-corrected chi connectivity index (χ1v) is 12.2. The van der Waals surface area contributed by atoms with Crippen LogP contribution in [-0.4, -0.2) is 25.9 Å². The van der Waals surface area contributed by atoms with Crippen molar-refractivity contribution in [3.63, 3.8) is 0 Å². The number of nitrogens with zero attached hydrogens (tertiary/aromatic N) is 2. The SMILES string of the molecule is CCn1c(=O)sc2cc(NC(=O)c3cccc(N(C)S(=O)(=O)c4ccccc4)c3)ccc21. The van der Waals surface area contributed by atoms with Gasteiger partial charge in [-0.2, -0.15) is 0 Å². The lowest BCUT2D eigenvalue weighted by molar-refractivity contribution is 0.102. The molecule has 7 nitrogen and oxygen atoms in total. The van der Waals surface area contributed by atoms with Crippen LogP contribution in [0.4, 0.5) is 11.4 Å². The molecule has 9 heteroatoms. The summed E-state index contributed by atoms with van der Waals surface area (Å²) in [6, 6.07) is 19.9. The van der Waals surface area contributed by atoms with Crippen molar-refractivity contribution in [2.45, 2.75) is 18.4 Å². The van der Waals surface area contributed by atoms with Crippen LogP contribution >= 0.6 is 11.3 Å². The summed E-state index contributed by atoms with van der Waals surface area (Å²) < 4.78 is 29.4. The van der Waals surface area contributed by atoms with Crippen LogP contribution in [0.5, 0.6) is 0 Å². The lowest BCUT2D eigenvalue weighted by Crippen LogP contribution is -2.26. The molecule has 164 valence electrons. The molecule has 0 fully saturated rings. The summed E-state index contributed by atoms with van der Waals surface area (Å²) in [7, 11) is -2.30. The molecule has 0 radical (unpaired) electrons. The molecule has 3 aromatic carbocycles. The molecule has 0 aliphatic carbocycles. The van der Waals surface area contributed by atoms with E-state index in [4.69, 9.17) is 0 Å². The third-order valence-corrected chi connectivity index (χ3v) is 7.86. The molecule has 0 unspecified atom stereocenters. The molecule has 0 atom stereocenters. The average molecular weight is 468 g/mol. The smallest absolute Gasteiger partial charge is 0.308 e. The number of hydrogen-bond acceptors (Lipinski definition) is 5. The molecular weight excluding hydrogens is 446 g/mol. The Bertz CT molecular complexity index is 1460. The van der Waals surface area contributed by atoms with E-state index in [0.717, 1.165) is 25.9 Å². The van der Waals surface area contributed by atoms with E-state index in [1.54, 1.807) is 53.1 Å². The summed E-state index contributed by atoms with van der Waals surface area (Å²) in [4.78, 5) is 25.0. The van der Waals surface area contributed by atoms with Crippen LogP contribution in [0.15, 0.2) is 82.5 Å². The van der Waals surface area contributed by atoms with E-state index < -0.39 is 10.0 Å². The lowest BCUT2D eigenvalue weighted by Gasteiger charge is -2.20. The first kappa shape index (κ1) is 21.8. The average Bonchev–Trinajstić information content (AvgIpc) is 3.13. The molecule has 0 aliphatic rings. The number of nitrogens with one attached hydrogen (secondary N) is 1. The normalized spacial score (nSPS) is 11.4. The minimum Gasteiger partial charge on any atom is -0.322 e. The Labute approximate surface area is 189 Å². The van der Waals surface area contributed by atoms with Gasteiger partial charge in [0.25, 0.3) is 15.9 Å². The number of anilines is 2. The molecule has 0 aliphatic heterocycles. The second-order valence-electron chi connectivity index (χ2n) is 7.08. The molecule has 0 saturated carbocycles. The fraction of sp³-hybridized carbons (Fsp3) is 0.130. The van der Waals surface area contributed by atoms with Crippen molar-refractivity contribution in [2.75, 3.05) is 16.7 Å². The van der Waals surface area contributed by atoms with Gasteiger partial charge < -0.3 is 5.32 Å². The van der Waals surface area contributed by atoms with E-state index in [2.05, 4.69) is 5.32 Å². The Hall–Kier alpha value is -3.43. The predicted molar refractivity (Wildman–Crippen MR) is 128 cm³/mol. The second kappa shape index (κ2) is 8.60. The summed E-state index contributed by atoms with van der Waals surface area (Å²) in [5.41, 5.74) is 2.07. The number of sulfonamides is 1. The number of hydrogen-bond donors (Lipinski definition) is 1. The largest absolute Gasteiger partial charge is 0.322 e. The zero-order chi connectivity index (χ0) is 22.9. The number of aromatic nitrogens is 1. The molecule has 4 aromatic rings. The van der Waals surface area contributed by atoms with Gasteiger partial charge in [0.2, 0.25) is 0 Å². The predicted octanol–water partition coefficient (Wildman–Crippen LogP) is 4.16.